The Hall–Kier alpha value is -3.10. The van der Waals surface area contributed by atoms with E-state index in [1.807, 2.05) is 6.07 Å². The summed E-state index contributed by atoms with van der Waals surface area (Å²) in [6.07, 6.45) is 4.04. The van der Waals surface area contributed by atoms with Crippen molar-refractivity contribution in [3.8, 4) is 11.3 Å². The summed E-state index contributed by atoms with van der Waals surface area (Å²) in [5.74, 6) is -0.0400. The van der Waals surface area contributed by atoms with Crippen molar-refractivity contribution < 1.29 is 4.79 Å². The molecule has 0 spiro atoms. The number of nitrogens with zero attached hydrogens (tertiary/aromatic N) is 2. The van der Waals surface area contributed by atoms with Gasteiger partial charge in [0, 0.05) is 23.3 Å². The van der Waals surface area contributed by atoms with Crippen LogP contribution in [0.4, 0.5) is 5.82 Å². The Morgan fingerprint density at radius 2 is 2.26 bits per heavy atom. The molecule has 0 aromatic carbocycles. The van der Waals surface area contributed by atoms with Gasteiger partial charge in [-0.2, -0.15) is 9.78 Å². The zero-order chi connectivity index (χ0) is 19.4. The van der Waals surface area contributed by atoms with Crippen molar-refractivity contribution >= 4 is 34.7 Å². The van der Waals surface area contributed by atoms with E-state index in [1.165, 1.54) is 23.6 Å². The number of rotatable bonds is 6. The Balaban J connectivity index is 2.01. The second kappa shape index (κ2) is 8.07. The van der Waals surface area contributed by atoms with E-state index in [0.29, 0.717) is 28.0 Å². The van der Waals surface area contributed by atoms with Gasteiger partial charge in [-0.3, -0.25) is 9.59 Å². The molecule has 0 amide bonds. The van der Waals surface area contributed by atoms with Crippen LogP contribution in [0.2, 0.25) is 4.34 Å². The average molecular weight is 402 g/mol. The van der Waals surface area contributed by atoms with Gasteiger partial charge in [0.2, 0.25) is 0 Å². The number of hydrogen-bond acceptors (Lipinski definition) is 6. The topological polar surface area (TPSA) is 106 Å². The third-order valence-electron chi connectivity index (χ3n) is 3.71. The van der Waals surface area contributed by atoms with Gasteiger partial charge in [0.1, 0.15) is 11.5 Å². The zero-order valence-corrected chi connectivity index (χ0v) is 15.7. The minimum Gasteiger partial charge on any atom is -0.404 e. The van der Waals surface area contributed by atoms with Gasteiger partial charge in [0.15, 0.2) is 0 Å². The molecule has 0 bridgehead atoms. The van der Waals surface area contributed by atoms with E-state index < -0.39 is 5.91 Å². The van der Waals surface area contributed by atoms with E-state index in [-0.39, 0.29) is 11.1 Å². The zero-order valence-electron chi connectivity index (χ0n) is 14.1. The largest absolute Gasteiger partial charge is 0.404 e. The van der Waals surface area contributed by atoms with Gasteiger partial charge >= 0.3 is 0 Å². The highest BCUT2D eigenvalue weighted by Crippen LogP contribution is 2.24. The molecule has 3 heterocycles. The number of aromatic amines is 1. The molecule has 0 fully saturated rings. The smallest absolute Gasteiger partial charge is 0.281 e. The fourth-order valence-electron chi connectivity index (χ4n) is 2.39. The summed E-state index contributed by atoms with van der Waals surface area (Å²) in [6.45, 7) is 4.03. The van der Waals surface area contributed by atoms with Crippen LogP contribution in [0, 0.1) is 0 Å². The van der Waals surface area contributed by atoms with Gasteiger partial charge < -0.3 is 16.0 Å². The lowest BCUT2D eigenvalue weighted by Crippen LogP contribution is -2.18. The number of nitrogens with one attached hydrogen (secondary N) is 2. The molecule has 0 aliphatic rings. The predicted molar refractivity (Wildman–Crippen MR) is 108 cm³/mol. The summed E-state index contributed by atoms with van der Waals surface area (Å²) in [5, 5.41) is 7.45. The Morgan fingerprint density at radius 1 is 1.44 bits per heavy atom. The molecule has 138 valence electrons. The van der Waals surface area contributed by atoms with Crippen LogP contribution in [0.3, 0.4) is 0 Å². The highest BCUT2D eigenvalue weighted by atomic mass is 35.5. The highest BCUT2D eigenvalue weighted by Gasteiger charge is 2.18. The van der Waals surface area contributed by atoms with Crippen molar-refractivity contribution in [2.24, 2.45) is 5.73 Å². The van der Waals surface area contributed by atoms with Gasteiger partial charge in [-0.15, -0.1) is 11.3 Å². The Bertz CT molecular complexity index is 1080. The number of pyridine rings is 1. The first-order valence-corrected chi connectivity index (χ1v) is 9.08. The summed E-state index contributed by atoms with van der Waals surface area (Å²) in [6, 6.07) is 8.64. The molecule has 4 N–H and O–H groups in total. The number of aromatic nitrogens is 3. The van der Waals surface area contributed by atoms with Crippen LogP contribution in [-0.2, 0) is 6.54 Å². The van der Waals surface area contributed by atoms with Gasteiger partial charge in [0.25, 0.3) is 11.5 Å². The average Bonchev–Trinajstić information content (AvgIpc) is 3.27. The summed E-state index contributed by atoms with van der Waals surface area (Å²) in [5.41, 5.74) is 6.09. The van der Waals surface area contributed by atoms with Gasteiger partial charge in [-0.05, 0) is 24.3 Å². The lowest BCUT2D eigenvalue weighted by atomic mass is 10.2. The number of halogens is 1. The van der Waals surface area contributed by atoms with Crippen molar-refractivity contribution in [1.82, 2.24) is 14.8 Å². The number of nitrogens with two attached hydrogens (primary N) is 1. The normalized spacial score (nSPS) is 11.4. The number of hydrogen-bond donors (Lipinski definition) is 3. The first kappa shape index (κ1) is 18.7. The number of allylic oxidation sites excluding steroid dienone is 2. The van der Waals surface area contributed by atoms with Gasteiger partial charge in [-0.1, -0.05) is 24.3 Å². The van der Waals surface area contributed by atoms with E-state index >= 15 is 0 Å². The van der Waals surface area contributed by atoms with Gasteiger partial charge in [0.05, 0.1) is 22.0 Å². The lowest BCUT2D eigenvalue weighted by molar-refractivity contribution is 0.0947. The molecule has 7 nitrogen and oxygen atoms in total. The molecule has 0 atom stereocenters. The minimum absolute atomic E-state index is 0.189. The SMILES string of the molecule is C=C/C(=C\N)C(=O)n1nc(-c2ccc[nH]c2=O)cc1NCc1ccc(Cl)s1. The molecule has 0 saturated carbocycles. The van der Waals surface area contributed by atoms with Crippen molar-refractivity contribution in [2.75, 3.05) is 5.32 Å². The lowest BCUT2D eigenvalue weighted by Gasteiger charge is -2.08. The van der Waals surface area contributed by atoms with Crippen LogP contribution in [0.15, 0.2) is 65.8 Å². The molecule has 9 heteroatoms. The second-order valence-electron chi connectivity index (χ2n) is 5.43. The molecular formula is C18H16ClN5O2S. The Kier molecular flexibility index (Phi) is 5.58. The minimum atomic E-state index is -0.460. The van der Waals surface area contributed by atoms with E-state index in [2.05, 4.69) is 22.0 Å². The van der Waals surface area contributed by atoms with Crippen LogP contribution < -0.4 is 16.6 Å². The molecule has 0 unspecified atom stereocenters. The molecular weight excluding hydrogens is 386 g/mol. The van der Waals surface area contributed by atoms with Crippen LogP contribution >= 0.6 is 22.9 Å². The van der Waals surface area contributed by atoms with Crippen molar-refractivity contribution in [3.63, 3.8) is 0 Å². The fourth-order valence-corrected chi connectivity index (χ4v) is 3.42. The Morgan fingerprint density at radius 3 is 2.89 bits per heavy atom. The first-order chi connectivity index (χ1) is 13.0. The van der Waals surface area contributed by atoms with Crippen LogP contribution in [0.25, 0.3) is 11.3 Å². The van der Waals surface area contributed by atoms with E-state index in [0.717, 1.165) is 15.8 Å². The Labute approximate surface area is 163 Å². The monoisotopic (exact) mass is 401 g/mol. The maximum atomic E-state index is 12.7. The van der Waals surface area contributed by atoms with Crippen molar-refractivity contribution in [1.29, 1.82) is 0 Å². The van der Waals surface area contributed by atoms with E-state index in [1.54, 1.807) is 24.3 Å². The molecule has 3 rings (SSSR count). The standard InChI is InChI=1S/C18H16ClN5O2S/c1-2-11(9-20)18(26)24-16(22-10-12-5-6-15(19)27-12)8-14(23-24)13-4-3-7-21-17(13)25/h2-9,22H,1,10,20H2,(H,21,25)/b11-9+. The van der Waals surface area contributed by atoms with Crippen LogP contribution in [0.1, 0.15) is 9.67 Å². The van der Waals surface area contributed by atoms with E-state index in [9.17, 15) is 9.59 Å². The number of anilines is 1. The summed E-state index contributed by atoms with van der Waals surface area (Å²) < 4.78 is 1.84. The maximum Gasteiger partial charge on any atom is 0.281 e. The van der Waals surface area contributed by atoms with Gasteiger partial charge in [-0.25, -0.2) is 0 Å². The highest BCUT2D eigenvalue weighted by molar-refractivity contribution is 7.16. The third kappa shape index (κ3) is 4.02. The number of thiophene rings is 1. The third-order valence-corrected chi connectivity index (χ3v) is 4.95. The molecule has 0 aliphatic carbocycles. The summed E-state index contributed by atoms with van der Waals surface area (Å²) in [4.78, 5) is 28.4. The summed E-state index contributed by atoms with van der Waals surface area (Å²) >= 11 is 7.38. The number of carbonyl (C=O) groups excluding carboxylic acids is 1. The van der Waals surface area contributed by atoms with Crippen LogP contribution in [-0.4, -0.2) is 20.7 Å². The molecule has 0 radical (unpaired) electrons. The van der Waals surface area contributed by atoms with Crippen LogP contribution in [0.5, 0.6) is 0 Å². The summed E-state index contributed by atoms with van der Waals surface area (Å²) in [7, 11) is 0. The van der Waals surface area contributed by atoms with Crippen molar-refractivity contribution in [3.05, 3.63) is 80.5 Å². The second-order valence-corrected chi connectivity index (χ2v) is 7.23. The predicted octanol–water partition coefficient (Wildman–Crippen LogP) is 3.23. The first-order valence-electron chi connectivity index (χ1n) is 7.88. The van der Waals surface area contributed by atoms with E-state index in [4.69, 9.17) is 17.3 Å². The number of carbonyl (C=O) groups is 1. The molecule has 3 aromatic rings. The quantitative estimate of drug-likeness (QED) is 0.434. The maximum absolute atomic E-state index is 12.7. The van der Waals surface area contributed by atoms with Crippen molar-refractivity contribution in [2.45, 2.75) is 6.54 Å². The molecule has 3 aromatic heterocycles. The molecule has 27 heavy (non-hydrogen) atoms. The molecule has 0 aliphatic heterocycles. The fraction of sp³-hybridized carbons (Fsp3) is 0.0556. The number of H-pyrrole nitrogens is 1. The molecule has 0 saturated heterocycles.